The summed E-state index contributed by atoms with van der Waals surface area (Å²) in [6.45, 7) is 1.60. The Labute approximate surface area is 84.7 Å². The van der Waals surface area contributed by atoms with Crippen molar-refractivity contribution in [3.63, 3.8) is 0 Å². The molecule has 1 heterocycles. The molecule has 0 spiro atoms. The number of nitrogens with one attached hydrogen (secondary N) is 3. The summed E-state index contributed by atoms with van der Waals surface area (Å²) >= 11 is 0. The molecule has 6 heteroatoms. The number of hydrogen-bond donors (Lipinski definition) is 3. The molecular formula is C9H9N3O3. The SMILES string of the molecule is C#CC(C)NC(=O)c1c[nH]c(=O)[nH]c1=O. The Hall–Kier alpha value is -2.29. The third-order valence-corrected chi connectivity index (χ3v) is 1.66. The zero-order valence-electron chi connectivity index (χ0n) is 7.96. The van der Waals surface area contributed by atoms with Crippen molar-refractivity contribution in [3.8, 4) is 12.3 Å². The Morgan fingerprint density at radius 1 is 1.60 bits per heavy atom. The third-order valence-electron chi connectivity index (χ3n) is 1.66. The molecule has 6 nitrogen and oxygen atoms in total. The van der Waals surface area contributed by atoms with E-state index in [-0.39, 0.29) is 5.56 Å². The fraction of sp³-hybridized carbons (Fsp3) is 0.222. The molecule has 1 aromatic rings. The second-order valence-electron chi connectivity index (χ2n) is 2.85. The van der Waals surface area contributed by atoms with Gasteiger partial charge in [-0.25, -0.2) is 4.79 Å². The van der Waals surface area contributed by atoms with Gasteiger partial charge in [0, 0.05) is 6.20 Å². The van der Waals surface area contributed by atoms with E-state index < -0.39 is 23.2 Å². The number of hydrogen-bond acceptors (Lipinski definition) is 3. The zero-order chi connectivity index (χ0) is 11.4. The number of H-pyrrole nitrogens is 2. The highest BCUT2D eigenvalue weighted by Crippen LogP contribution is 1.87. The second-order valence-corrected chi connectivity index (χ2v) is 2.85. The van der Waals surface area contributed by atoms with E-state index in [0.29, 0.717) is 0 Å². The molecule has 0 aliphatic rings. The van der Waals surface area contributed by atoms with E-state index in [0.717, 1.165) is 6.20 Å². The van der Waals surface area contributed by atoms with Gasteiger partial charge in [-0.05, 0) is 6.92 Å². The molecule has 0 aromatic carbocycles. The van der Waals surface area contributed by atoms with Gasteiger partial charge in [0.25, 0.3) is 11.5 Å². The molecule has 0 fully saturated rings. The quantitative estimate of drug-likeness (QED) is 0.532. The molecule has 1 unspecified atom stereocenters. The summed E-state index contributed by atoms with van der Waals surface area (Å²) in [6.07, 6.45) is 6.09. The fourth-order valence-corrected chi connectivity index (χ4v) is 0.895. The van der Waals surface area contributed by atoms with Gasteiger partial charge < -0.3 is 10.3 Å². The van der Waals surface area contributed by atoms with Crippen molar-refractivity contribution in [2.24, 2.45) is 0 Å². The van der Waals surface area contributed by atoms with Crippen molar-refractivity contribution >= 4 is 5.91 Å². The van der Waals surface area contributed by atoms with Gasteiger partial charge in [0.15, 0.2) is 0 Å². The van der Waals surface area contributed by atoms with E-state index >= 15 is 0 Å². The lowest BCUT2D eigenvalue weighted by atomic mass is 10.3. The number of aromatic amines is 2. The summed E-state index contributed by atoms with van der Waals surface area (Å²) in [5.74, 6) is 1.65. The average molecular weight is 207 g/mol. The van der Waals surface area contributed by atoms with Crippen molar-refractivity contribution < 1.29 is 4.79 Å². The molecule has 1 atom stereocenters. The summed E-state index contributed by atoms with van der Waals surface area (Å²) < 4.78 is 0. The molecule has 78 valence electrons. The van der Waals surface area contributed by atoms with Crippen LogP contribution in [0, 0.1) is 12.3 Å². The Bertz CT molecular complexity index is 520. The molecule has 0 saturated heterocycles. The smallest absolute Gasteiger partial charge is 0.325 e. The average Bonchev–Trinajstić information content (AvgIpc) is 2.17. The van der Waals surface area contributed by atoms with Crippen LogP contribution in [-0.2, 0) is 0 Å². The minimum absolute atomic E-state index is 0.184. The molecule has 1 aromatic heterocycles. The zero-order valence-corrected chi connectivity index (χ0v) is 7.96. The van der Waals surface area contributed by atoms with Gasteiger partial charge in [0.05, 0.1) is 6.04 Å². The Morgan fingerprint density at radius 3 is 2.80 bits per heavy atom. The lowest BCUT2D eigenvalue weighted by Gasteiger charge is -2.05. The predicted molar refractivity (Wildman–Crippen MR) is 53.4 cm³/mol. The van der Waals surface area contributed by atoms with E-state index in [2.05, 4.69) is 16.2 Å². The minimum Gasteiger partial charge on any atom is -0.338 e. The summed E-state index contributed by atoms with van der Waals surface area (Å²) in [4.78, 5) is 37.4. The molecular weight excluding hydrogens is 198 g/mol. The fourth-order valence-electron chi connectivity index (χ4n) is 0.895. The maximum Gasteiger partial charge on any atom is 0.325 e. The van der Waals surface area contributed by atoms with E-state index in [1.807, 2.05) is 4.98 Å². The van der Waals surface area contributed by atoms with Gasteiger partial charge in [0.2, 0.25) is 0 Å². The first kappa shape index (κ1) is 10.8. The maximum absolute atomic E-state index is 11.4. The van der Waals surface area contributed by atoms with E-state index in [9.17, 15) is 14.4 Å². The predicted octanol–water partition coefficient (Wildman–Crippen LogP) is -1.19. The van der Waals surface area contributed by atoms with Gasteiger partial charge in [-0.3, -0.25) is 14.6 Å². The lowest BCUT2D eigenvalue weighted by Crippen LogP contribution is -2.37. The van der Waals surface area contributed by atoms with Gasteiger partial charge >= 0.3 is 5.69 Å². The van der Waals surface area contributed by atoms with Crippen molar-refractivity contribution in [2.75, 3.05) is 0 Å². The number of rotatable bonds is 2. The number of terminal acetylenes is 1. The largest absolute Gasteiger partial charge is 0.338 e. The highest BCUT2D eigenvalue weighted by Gasteiger charge is 2.11. The van der Waals surface area contributed by atoms with Crippen LogP contribution in [0.3, 0.4) is 0 Å². The molecule has 0 radical (unpaired) electrons. The van der Waals surface area contributed by atoms with Crippen LogP contribution >= 0.6 is 0 Å². The molecule has 1 amide bonds. The third kappa shape index (κ3) is 2.57. The number of carbonyl (C=O) groups is 1. The molecule has 0 saturated carbocycles. The molecule has 0 aliphatic heterocycles. The van der Waals surface area contributed by atoms with Crippen LogP contribution in [0.1, 0.15) is 17.3 Å². The first-order chi connectivity index (χ1) is 7.04. The molecule has 15 heavy (non-hydrogen) atoms. The van der Waals surface area contributed by atoms with Gasteiger partial charge in [-0.2, -0.15) is 0 Å². The Morgan fingerprint density at radius 2 is 2.27 bits per heavy atom. The molecule has 3 N–H and O–H groups in total. The van der Waals surface area contributed by atoms with Crippen molar-refractivity contribution in [1.29, 1.82) is 0 Å². The summed E-state index contributed by atoms with van der Waals surface area (Å²) in [5, 5.41) is 2.39. The van der Waals surface area contributed by atoms with Crippen LogP contribution in [0.4, 0.5) is 0 Å². The maximum atomic E-state index is 11.4. The topological polar surface area (TPSA) is 94.8 Å². The molecule has 1 rings (SSSR count). The normalized spacial score (nSPS) is 11.5. The van der Waals surface area contributed by atoms with E-state index in [1.54, 1.807) is 6.92 Å². The monoisotopic (exact) mass is 207 g/mol. The molecule has 0 bridgehead atoms. The minimum atomic E-state index is -0.750. The highest BCUT2D eigenvalue weighted by molar-refractivity contribution is 5.93. The van der Waals surface area contributed by atoms with Crippen molar-refractivity contribution in [3.05, 3.63) is 32.6 Å². The van der Waals surface area contributed by atoms with Crippen LogP contribution in [0.25, 0.3) is 0 Å². The van der Waals surface area contributed by atoms with Crippen LogP contribution < -0.4 is 16.6 Å². The van der Waals surface area contributed by atoms with Crippen molar-refractivity contribution in [2.45, 2.75) is 13.0 Å². The van der Waals surface area contributed by atoms with E-state index in [4.69, 9.17) is 6.42 Å². The van der Waals surface area contributed by atoms with E-state index in [1.165, 1.54) is 0 Å². The summed E-state index contributed by atoms with van der Waals surface area (Å²) in [7, 11) is 0. The summed E-state index contributed by atoms with van der Waals surface area (Å²) in [5.41, 5.74) is -1.60. The van der Waals surface area contributed by atoms with Gasteiger partial charge in [0.1, 0.15) is 5.56 Å². The standard InChI is InChI=1S/C9H9N3O3/c1-3-5(2)11-7(13)6-4-10-9(15)12-8(6)14/h1,4-5H,2H3,(H,11,13)(H2,10,12,14,15). The number of amides is 1. The number of aromatic nitrogens is 2. The van der Waals surface area contributed by atoms with Crippen LogP contribution in [-0.4, -0.2) is 21.9 Å². The lowest BCUT2D eigenvalue weighted by molar-refractivity contribution is 0.0946. The van der Waals surface area contributed by atoms with Crippen LogP contribution in [0.15, 0.2) is 15.8 Å². The van der Waals surface area contributed by atoms with Crippen LogP contribution in [0.5, 0.6) is 0 Å². The van der Waals surface area contributed by atoms with Crippen molar-refractivity contribution in [1.82, 2.24) is 15.3 Å². The first-order valence-electron chi connectivity index (χ1n) is 4.13. The Balaban J connectivity index is 2.99. The summed E-state index contributed by atoms with van der Waals surface area (Å²) in [6, 6.07) is -0.483. The van der Waals surface area contributed by atoms with Gasteiger partial charge in [-0.15, -0.1) is 6.42 Å². The van der Waals surface area contributed by atoms with Crippen LogP contribution in [0.2, 0.25) is 0 Å². The highest BCUT2D eigenvalue weighted by atomic mass is 16.2. The van der Waals surface area contributed by atoms with Gasteiger partial charge in [-0.1, -0.05) is 5.92 Å². The first-order valence-corrected chi connectivity index (χ1v) is 4.13. The number of carbonyl (C=O) groups excluding carboxylic acids is 1. The Kier molecular flexibility index (Phi) is 3.08. The molecule has 0 aliphatic carbocycles. The second kappa shape index (κ2) is 4.28.